The van der Waals surface area contributed by atoms with Crippen molar-refractivity contribution in [2.24, 2.45) is 5.73 Å². The van der Waals surface area contributed by atoms with Gasteiger partial charge in [-0.2, -0.15) is 0 Å². The minimum absolute atomic E-state index is 0.00119. The number of hydrogen-bond acceptors (Lipinski definition) is 2. The van der Waals surface area contributed by atoms with E-state index in [4.69, 9.17) is 10.8 Å². The normalized spacial score (nSPS) is 12.8. The molecule has 1 rings (SSSR count). The van der Waals surface area contributed by atoms with Gasteiger partial charge >= 0.3 is 0 Å². The van der Waals surface area contributed by atoms with Crippen LogP contribution < -0.4 is 5.73 Å². The molecule has 1 aromatic carbocycles. The van der Waals surface area contributed by atoms with Gasteiger partial charge in [-0.05, 0) is 30.5 Å². The summed E-state index contributed by atoms with van der Waals surface area (Å²) in [5.41, 5.74) is 6.57. The van der Waals surface area contributed by atoms with Crippen LogP contribution in [0.5, 0.6) is 0 Å². The molecular weight excluding hydrogens is 169 g/mol. The van der Waals surface area contributed by atoms with E-state index in [-0.39, 0.29) is 18.5 Å². The molecule has 0 saturated heterocycles. The molecule has 0 unspecified atom stereocenters. The molecule has 1 atom stereocenters. The second-order valence-corrected chi connectivity index (χ2v) is 3.11. The summed E-state index contributed by atoms with van der Waals surface area (Å²) in [5, 5.41) is 8.67. The minimum Gasteiger partial charge on any atom is -0.395 e. The standard InChI is InChI=1S/C10H14FNO/c11-9-4-1-8(2-5-9)3-6-10(12)7-13/h1-2,4-5,10,13H,3,6-7,12H2/t10-/m0/s1. The average Bonchev–Trinajstić information content (AvgIpc) is 2.16. The number of halogens is 1. The number of aryl methyl sites for hydroxylation is 1. The van der Waals surface area contributed by atoms with Gasteiger partial charge in [0.15, 0.2) is 0 Å². The SMILES string of the molecule is N[C@H](CO)CCc1ccc(F)cc1. The van der Waals surface area contributed by atoms with Gasteiger partial charge in [0.05, 0.1) is 6.61 Å². The van der Waals surface area contributed by atoms with E-state index in [2.05, 4.69) is 0 Å². The molecule has 1 aromatic rings. The molecule has 0 heterocycles. The first kappa shape index (κ1) is 10.2. The number of aliphatic hydroxyl groups excluding tert-OH is 1. The molecule has 2 nitrogen and oxygen atoms in total. The van der Waals surface area contributed by atoms with Crippen LogP contribution in [-0.4, -0.2) is 17.8 Å². The Kier molecular flexibility index (Phi) is 3.86. The molecule has 0 saturated carbocycles. The number of benzene rings is 1. The zero-order valence-electron chi connectivity index (χ0n) is 7.41. The Morgan fingerprint density at radius 3 is 2.46 bits per heavy atom. The van der Waals surface area contributed by atoms with Gasteiger partial charge in [0.25, 0.3) is 0 Å². The van der Waals surface area contributed by atoms with Crippen LogP contribution in [0.1, 0.15) is 12.0 Å². The summed E-state index contributed by atoms with van der Waals surface area (Å²) < 4.78 is 12.5. The van der Waals surface area contributed by atoms with Crippen molar-refractivity contribution in [2.75, 3.05) is 6.61 Å². The Hall–Kier alpha value is -0.930. The monoisotopic (exact) mass is 183 g/mol. The van der Waals surface area contributed by atoms with Gasteiger partial charge in [-0.1, -0.05) is 12.1 Å². The Morgan fingerprint density at radius 2 is 1.92 bits per heavy atom. The van der Waals surface area contributed by atoms with E-state index in [0.717, 1.165) is 18.4 Å². The lowest BCUT2D eigenvalue weighted by molar-refractivity contribution is 0.260. The van der Waals surface area contributed by atoms with E-state index in [9.17, 15) is 4.39 Å². The largest absolute Gasteiger partial charge is 0.395 e. The van der Waals surface area contributed by atoms with E-state index >= 15 is 0 Å². The number of rotatable bonds is 4. The molecule has 0 radical (unpaired) electrons. The van der Waals surface area contributed by atoms with Crippen molar-refractivity contribution in [1.29, 1.82) is 0 Å². The molecule has 3 N–H and O–H groups in total. The highest BCUT2D eigenvalue weighted by Crippen LogP contribution is 2.06. The lowest BCUT2D eigenvalue weighted by atomic mass is 10.1. The van der Waals surface area contributed by atoms with Gasteiger partial charge in [-0.15, -0.1) is 0 Å². The van der Waals surface area contributed by atoms with Gasteiger partial charge in [0, 0.05) is 6.04 Å². The quantitative estimate of drug-likeness (QED) is 0.733. The number of nitrogens with two attached hydrogens (primary N) is 1. The minimum atomic E-state index is -0.227. The third kappa shape index (κ3) is 3.53. The second-order valence-electron chi connectivity index (χ2n) is 3.11. The van der Waals surface area contributed by atoms with Crippen molar-refractivity contribution >= 4 is 0 Å². The van der Waals surface area contributed by atoms with Crippen molar-refractivity contribution in [1.82, 2.24) is 0 Å². The highest BCUT2D eigenvalue weighted by molar-refractivity contribution is 5.16. The second kappa shape index (κ2) is 4.94. The summed E-state index contributed by atoms with van der Waals surface area (Å²) in [4.78, 5) is 0. The Bertz CT molecular complexity index is 248. The Morgan fingerprint density at radius 1 is 1.31 bits per heavy atom. The molecule has 3 heteroatoms. The summed E-state index contributed by atoms with van der Waals surface area (Å²) >= 11 is 0. The summed E-state index contributed by atoms with van der Waals surface area (Å²) in [6.07, 6.45) is 1.50. The zero-order valence-corrected chi connectivity index (χ0v) is 7.41. The maximum absolute atomic E-state index is 12.5. The lowest BCUT2D eigenvalue weighted by Gasteiger charge is -2.07. The third-order valence-corrected chi connectivity index (χ3v) is 1.95. The highest BCUT2D eigenvalue weighted by atomic mass is 19.1. The number of hydrogen-bond donors (Lipinski definition) is 2. The van der Waals surface area contributed by atoms with Crippen LogP contribution in [0, 0.1) is 5.82 Å². The maximum atomic E-state index is 12.5. The summed E-state index contributed by atoms with van der Waals surface area (Å²) in [6.45, 7) is 0.00119. The fourth-order valence-corrected chi connectivity index (χ4v) is 1.09. The number of aliphatic hydroxyl groups is 1. The molecule has 72 valence electrons. The maximum Gasteiger partial charge on any atom is 0.123 e. The van der Waals surface area contributed by atoms with Crippen molar-refractivity contribution in [3.63, 3.8) is 0 Å². The average molecular weight is 183 g/mol. The molecule has 0 aliphatic carbocycles. The molecule has 13 heavy (non-hydrogen) atoms. The predicted octanol–water partition coefficient (Wildman–Crippen LogP) is 1.08. The molecule has 0 aliphatic rings. The molecular formula is C10H14FNO. The van der Waals surface area contributed by atoms with Gasteiger partial charge < -0.3 is 10.8 Å². The van der Waals surface area contributed by atoms with E-state index < -0.39 is 0 Å². The van der Waals surface area contributed by atoms with Crippen LogP contribution in [0.4, 0.5) is 4.39 Å². The summed E-state index contributed by atoms with van der Waals surface area (Å²) in [5.74, 6) is -0.227. The summed E-state index contributed by atoms with van der Waals surface area (Å²) in [6, 6.07) is 6.16. The highest BCUT2D eigenvalue weighted by Gasteiger charge is 2.00. The topological polar surface area (TPSA) is 46.2 Å². The first-order valence-corrected chi connectivity index (χ1v) is 4.33. The van der Waals surface area contributed by atoms with Crippen molar-refractivity contribution in [3.05, 3.63) is 35.6 Å². The molecule has 0 fully saturated rings. The molecule has 0 amide bonds. The molecule has 0 bridgehead atoms. The first-order chi connectivity index (χ1) is 6.22. The van der Waals surface area contributed by atoms with Crippen LogP contribution >= 0.6 is 0 Å². The third-order valence-electron chi connectivity index (χ3n) is 1.95. The predicted molar refractivity (Wildman–Crippen MR) is 49.8 cm³/mol. The van der Waals surface area contributed by atoms with E-state index in [0.29, 0.717) is 0 Å². The van der Waals surface area contributed by atoms with E-state index in [1.165, 1.54) is 12.1 Å². The molecule has 0 aromatic heterocycles. The smallest absolute Gasteiger partial charge is 0.123 e. The van der Waals surface area contributed by atoms with Crippen LogP contribution in [0.3, 0.4) is 0 Å². The van der Waals surface area contributed by atoms with Gasteiger partial charge in [0.1, 0.15) is 5.82 Å². The van der Waals surface area contributed by atoms with Crippen LogP contribution in [0.15, 0.2) is 24.3 Å². The van der Waals surface area contributed by atoms with E-state index in [1.54, 1.807) is 12.1 Å². The fraction of sp³-hybridized carbons (Fsp3) is 0.400. The molecule has 0 aliphatic heterocycles. The van der Waals surface area contributed by atoms with Crippen molar-refractivity contribution in [3.8, 4) is 0 Å². The fourth-order valence-electron chi connectivity index (χ4n) is 1.09. The van der Waals surface area contributed by atoms with Crippen LogP contribution in [-0.2, 0) is 6.42 Å². The van der Waals surface area contributed by atoms with Crippen molar-refractivity contribution < 1.29 is 9.50 Å². The lowest BCUT2D eigenvalue weighted by Crippen LogP contribution is -2.24. The van der Waals surface area contributed by atoms with Crippen LogP contribution in [0.2, 0.25) is 0 Å². The molecule has 0 spiro atoms. The van der Waals surface area contributed by atoms with Gasteiger partial charge in [-0.25, -0.2) is 4.39 Å². The van der Waals surface area contributed by atoms with E-state index in [1.807, 2.05) is 0 Å². The first-order valence-electron chi connectivity index (χ1n) is 4.33. The van der Waals surface area contributed by atoms with Gasteiger partial charge in [-0.3, -0.25) is 0 Å². The van der Waals surface area contributed by atoms with Gasteiger partial charge in [0.2, 0.25) is 0 Å². The Balaban J connectivity index is 2.41. The Labute approximate surface area is 77.2 Å². The summed E-state index contributed by atoms with van der Waals surface area (Å²) in [7, 11) is 0. The van der Waals surface area contributed by atoms with Crippen LogP contribution in [0.25, 0.3) is 0 Å². The zero-order chi connectivity index (χ0) is 9.68. The van der Waals surface area contributed by atoms with Crippen molar-refractivity contribution in [2.45, 2.75) is 18.9 Å².